The first-order chi connectivity index (χ1) is 16.3. The second-order valence-electron chi connectivity index (χ2n) is 8.74. The second kappa shape index (κ2) is 9.62. The Labute approximate surface area is 196 Å². The van der Waals surface area contributed by atoms with Crippen molar-refractivity contribution in [2.75, 3.05) is 34.3 Å². The van der Waals surface area contributed by atoms with Crippen LogP contribution in [0.4, 0.5) is 4.39 Å². The lowest BCUT2D eigenvalue weighted by Crippen LogP contribution is -2.39. The molecule has 4 rings (SSSR count). The number of halogens is 1. The summed E-state index contributed by atoms with van der Waals surface area (Å²) >= 11 is 0. The van der Waals surface area contributed by atoms with Crippen molar-refractivity contribution < 1.29 is 23.5 Å². The molecule has 0 aliphatic carbocycles. The Bertz CT molecular complexity index is 1230. The summed E-state index contributed by atoms with van der Waals surface area (Å²) in [6.45, 7) is 1.12. The summed E-state index contributed by atoms with van der Waals surface area (Å²) in [7, 11) is 4.45. The van der Waals surface area contributed by atoms with E-state index in [0.29, 0.717) is 30.1 Å². The molecule has 3 heterocycles. The Morgan fingerprint density at radius 3 is 2.47 bits per heavy atom. The van der Waals surface area contributed by atoms with Crippen LogP contribution in [0.1, 0.15) is 39.4 Å². The number of H-pyrrole nitrogens is 1. The zero-order valence-electron chi connectivity index (χ0n) is 19.4. The first kappa shape index (κ1) is 23.4. The fourth-order valence-corrected chi connectivity index (χ4v) is 4.27. The zero-order chi connectivity index (χ0) is 24.4. The van der Waals surface area contributed by atoms with Gasteiger partial charge in [-0.2, -0.15) is 0 Å². The van der Waals surface area contributed by atoms with Crippen molar-refractivity contribution in [2.24, 2.45) is 5.92 Å². The van der Waals surface area contributed by atoms with Crippen molar-refractivity contribution in [3.63, 3.8) is 0 Å². The number of fused-ring (bicyclic) bond motifs is 1. The van der Waals surface area contributed by atoms with E-state index in [1.54, 1.807) is 29.3 Å². The smallest absolute Gasteiger partial charge is 0.296 e. The van der Waals surface area contributed by atoms with E-state index in [1.807, 2.05) is 0 Å². The summed E-state index contributed by atoms with van der Waals surface area (Å²) < 4.78 is 18.6. The van der Waals surface area contributed by atoms with Crippen molar-refractivity contribution >= 4 is 28.5 Å². The van der Waals surface area contributed by atoms with Gasteiger partial charge >= 0.3 is 0 Å². The van der Waals surface area contributed by atoms with E-state index in [4.69, 9.17) is 4.74 Å². The Balaban J connectivity index is 1.52. The molecule has 1 aromatic carbocycles. The van der Waals surface area contributed by atoms with E-state index in [9.17, 15) is 18.8 Å². The van der Waals surface area contributed by atoms with Gasteiger partial charge in [-0.25, -0.2) is 9.37 Å². The summed E-state index contributed by atoms with van der Waals surface area (Å²) in [5.41, 5.74) is 1.49. The number of likely N-dealkylation sites (tertiary alicyclic amines) is 1. The topological polar surface area (TPSA) is 95.6 Å². The van der Waals surface area contributed by atoms with Crippen molar-refractivity contribution in [3.8, 4) is 5.75 Å². The van der Waals surface area contributed by atoms with E-state index in [2.05, 4.69) is 9.97 Å². The number of ether oxygens (including phenoxy) is 1. The normalized spacial score (nSPS) is 14.3. The number of hydrogen-bond donors (Lipinski definition) is 1. The molecule has 8 nitrogen and oxygen atoms in total. The molecule has 1 aliphatic rings. The van der Waals surface area contributed by atoms with Crippen LogP contribution in [0.3, 0.4) is 0 Å². The number of aromatic nitrogens is 2. The maximum Gasteiger partial charge on any atom is 0.296 e. The van der Waals surface area contributed by atoms with Gasteiger partial charge in [-0.15, -0.1) is 0 Å². The van der Waals surface area contributed by atoms with Crippen molar-refractivity contribution in [1.29, 1.82) is 0 Å². The van der Waals surface area contributed by atoms with Gasteiger partial charge in [0.25, 0.3) is 17.6 Å². The molecule has 9 heteroatoms. The van der Waals surface area contributed by atoms with Crippen molar-refractivity contribution in [2.45, 2.75) is 19.3 Å². The lowest BCUT2D eigenvalue weighted by Gasteiger charge is -2.32. The number of rotatable bonds is 6. The third-order valence-electron chi connectivity index (χ3n) is 6.22. The van der Waals surface area contributed by atoms with Gasteiger partial charge in [0.2, 0.25) is 0 Å². The van der Waals surface area contributed by atoms with E-state index in [0.717, 1.165) is 24.8 Å². The highest BCUT2D eigenvalue weighted by Gasteiger charge is 2.29. The van der Waals surface area contributed by atoms with Crippen LogP contribution in [0.2, 0.25) is 0 Å². The maximum atomic E-state index is 13.3. The summed E-state index contributed by atoms with van der Waals surface area (Å²) in [5.74, 6) is -1.23. The number of amides is 2. The van der Waals surface area contributed by atoms with Gasteiger partial charge in [0, 0.05) is 38.8 Å². The first-order valence-electron chi connectivity index (χ1n) is 11.1. The Kier molecular flexibility index (Phi) is 6.63. The number of aromatic amines is 1. The number of hydrogen-bond acceptors (Lipinski definition) is 5. The average Bonchev–Trinajstić information content (AvgIpc) is 3.26. The molecule has 1 saturated heterocycles. The molecular formula is C25H27FN4O4. The molecule has 3 aromatic rings. The Morgan fingerprint density at radius 2 is 1.85 bits per heavy atom. The molecular weight excluding hydrogens is 439 g/mol. The highest BCUT2D eigenvalue weighted by Crippen LogP contribution is 2.29. The van der Waals surface area contributed by atoms with Gasteiger partial charge in [-0.1, -0.05) is 12.1 Å². The van der Waals surface area contributed by atoms with Crippen LogP contribution in [0.15, 0.2) is 36.5 Å². The maximum absolute atomic E-state index is 13.3. The number of methoxy groups -OCH3 is 1. The molecule has 1 N–H and O–H groups in total. The summed E-state index contributed by atoms with van der Waals surface area (Å²) in [6, 6.07) is 8.17. The minimum absolute atomic E-state index is 0.0448. The van der Waals surface area contributed by atoms with Gasteiger partial charge in [-0.05, 0) is 48.9 Å². The molecule has 1 fully saturated rings. The van der Waals surface area contributed by atoms with Gasteiger partial charge < -0.3 is 19.5 Å². The van der Waals surface area contributed by atoms with Crippen molar-refractivity contribution in [1.82, 2.24) is 19.8 Å². The predicted octanol–water partition coefficient (Wildman–Crippen LogP) is 3.08. The number of benzene rings is 1. The summed E-state index contributed by atoms with van der Waals surface area (Å²) in [5, 5.41) is 0.571. The molecule has 0 spiro atoms. The number of nitrogens with zero attached hydrogens (tertiary/aromatic N) is 3. The zero-order valence-corrected chi connectivity index (χ0v) is 19.4. The Hall–Kier alpha value is -3.75. The first-order valence-corrected chi connectivity index (χ1v) is 11.1. The molecule has 0 bridgehead atoms. The van der Waals surface area contributed by atoms with Crippen LogP contribution < -0.4 is 4.74 Å². The second-order valence-corrected chi connectivity index (χ2v) is 8.74. The van der Waals surface area contributed by atoms with Gasteiger partial charge in [0.1, 0.15) is 17.0 Å². The minimum atomic E-state index is -0.724. The van der Waals surface area contributed by atoms with Gasteiger partial charge in [0.05, 0.1) is 7.11 Å². The highest BCUT2D eigenvalue weighted by molar-refractivity contribution is 6.44. The molecule has 1 aliphatic heterocycles. The van der Waals surface area contributed by atoms with Gasteiger partial charge in [0.15, 0.2) is 11.4 Å². The number of nitrogens with one attached hydrogen (secondary N) is 1. The van der Waals surface area contributed by atoms with Crippen molar-refractivity contribution in [3.05, 3.63) is 59.3 Å². The average molecular weight is 467 g/mol. The molecule has 0 unspecified atom stereocenters. The van der Waals surface area contributed by atoms with E-state index >= 15 is 0 Å². The Morgan fingerprint density at radius 1 is 1.18 bits per heavy atom. The number of piperidine rings is 1. The molecule has 0 radical (unpaired) electrons. The van der Waals surface area contributed by atoms with Crippen LogP contribution >= 0.6 is 0 Å². The lowest BCUT2D eigenvalue weighted by molar-refractivity contribution is -0.124. The van der Waals surface area contributed by atoms with E-state index in [1.165, 1.54) is 38.2 Å². The standard InChI is InChI=1S/C25H27FN4O4/c1-29(2)25(33)23(31)22-20-17(14-27-22)13-19(34-3)21(28-20)24(32)30-10-8-16(9-11-30)12-15-4-6-18(26)7-5-15/h4-7,13-14,16,27H,8-12H2,1-3H3. The number of likely N-dealkylation sites (N-methyl/N-ethyl adjacent to an activating group) is 1. The van der Waals surface area contributed by atoms with Crippen LogP contribution in [0.5, 0.6) is 5.75 Å². The fourth-order valence-electron chi connectivity index (χ4n) is 4.27. The number of pyridine rings is 1. The van der Waals surface area contributed by atoms with Gasteiger partial charge in [-0.3, -0.25) is 14.4 Å². The third kappa shape index (κ3) is 4.64. The number of ketones is 1. The fraction of sp³-hybridized carbons (Fsp3) is 0.360. The SMILES string of the molecule is COc1cc2c[nH]c(C(=O)C(=O)N(C)C)c2nc1C(=O)N1CCC(Cc2ccc(F)cc2)CC1. The van der Waals surface area contributed by atoms with Crippen LogP contribution in [-0.4, -0.2) is 71.7 Å². The number of carbonyl (C=O) groups is 3. The molecule has 34 heavy (non-hydrogen) atoms. The van der Waals surface area contributed by atoms with E-state index in [-0.39, 0.29) is 28.6 Å². The van der Waals surface area contributed by atoms with Crippen LogP contribution in [-0.2, 0) is 11.2 Å². The lowest BCUT2D eigenvalue weighted by atomic mass is 9.90. The number of carbonyl (C=O) groups excluding carboxylic acids is 3. The molecule has 2 amide bonds. The molecule has 2 aromatic heterocycles. The summed E-state index contributed by atoms with van der Waals surface area (Å²) in [6.07, 6.45) is 4.04. The highest BCUT2D eigenvalue weighted by atomic mass is 19.1. The largest absolute Gasteiger partial charge is 0.494 e. The van der Waals surface area contributed by atoms with Crippen LogP contribution in [0, 0.1) is 11.7 Å². The monoisotopic (exact) mass is 466 g/mol. The minimum Gasteiger partial charge on any atom is -0.494 e. The van der Waals surface area contributed by atoms with Crippen LogP contribution in [0.25, 0.3) is 10.9 Å². The predicted molar refractivity (Wildman–Crippen MR) is 124 cm³/mol. The third-order valence-corrected chi connectivity index (χ3v) is 6.22. The summed E-state index contributed by atoms with van der Waals surface area (Å²) in [4.78, 5) is 48.3. The molecule has 0 atom stereocenters. The number of Topliss-reactive ketones (excluding diaryl/α,β-unsaturated/α-hetero) is 1. The quantitative estimate of drug-likeness (QED) is 0.445. The molecule has 178 valence electrons. The van der Waals surface area contributed by atoms with E-state index < -0.39 is 11.7 Å². The molecule has 0 saturated carbocycles.